The first-order valence-electron chi connectivity index (χ1n) is 9.53. The summed E-state index contributed by atoms with van der Waals surface area (Å²) in [5.74, 6) is -2.98. The Morgan fingerprint density at radius 3 is 2.72 bits per heavy atom. The van der Waals surface area contributed by atoms with E-state index in [1.54, 1.807) is 4.90 Å². The number of carbonyl (C=O) groups excluding carboxylic acids is 2. The summed E-state index contributed by atoms with van der Waals surface area (Å²) in [5.41, 5.74) is 3.20. The van der Waals surface area contributed by atoms with Gasteiger partial charge in [0.15, 0.2) is 0 Å². The molecule has 1 aliphatic carbocycles. The van der Waals surface area contributed by atoms with Gasteiger partial charge in [0.2, 0.25) is 11.8 Å². The van der Waals surface area contributed by atoms with Crippen LogP contribution in [0.25, 0.3) is 0 Å². The average Bonchev–Trinajstić information content (AvgIpc) is 3.32. The van der Waals surface area contributed by atoms with E-state index in [9.17, 15) is 23.6 Å². The van der Waals surface area contributed by atoms with Crippen molar-refractivity contribution in [3.63, 3.8) is 0 Å². The Balaban J connectivity index is 1.47. The molecule has 2 aliphatic rings. The van der Waals surface area contributed by atoms with Gasteiger partial charge in [-0.05, 0) is 48.6 Å². The number of anilines is 1. The molecule has 0 spiro atoms. The Kier molecular flexibility index (Phi) is 5.01. The fourth-order valence-electron chi connectivity index (χ4n) is 4.03. The van der Waals surface area contributed by atoms with E-state index in [0.717, 1.165) is 37.1 Å². The molecule has 2 aromatic rings. The van der Waals surface area contributed by atoms with Crippen LogP contribution in [0.15, 0.2) is 36.4 Å². The minimum atomic E-state index is -1.26. The van der Waals surface area contributed by atoms with Gasteiger partial charge in [0.1, 0.15) is 17.7 Å². The van der Waals surface area contributed by atoms with Crippen LogP contribution in [0.5, 0.6) is 0 Å². The molecular formula is C22H19F2N3O2. The summed E-state index contributed by atoms with van der Waals surface area (Å²) in [6.45, 7) is 0.202. The standard InChI is InChI=1S/C22H19F2N3O2/c23-16-5-7-18(19(24)10-16)20(11-25)26-22(29)15-9-21(28)27(12-15)17-6-4-13-2-1-3-14(13)8-17/h4-8,10,15,20H,1-3,9,12H2,(H,26,29). The number of amides is 2. The number of hydrogen-bond donors (Lipinski definition) is 1. The zero-order chi connectivity index (χ0) is 20.5. The van der Waals surface area contributed by atoms with Gasteiger partial charge in [-0.25, -0.2) is 8.78 Å². The molecular weight excluding hydrogens is 376 g/mol. The van der Waals surface area contributed by atoms with Crippen LogP contribution >= 0.6 is 0 Å². The molecule has 0 aromatic heterocycles. The van der Waals surface area contributed by atoms with Crippen LogP contribution in [0.2, 0.25) is 0 Å². The van der Waals surface area contributed by atoms with E-state index in [0.29, 0.717) is 6.07 Å². The Bertz CT molecular complexity index is 1030. The monoisotopic (exact) mass is 395 g/mol. The van der Waals surface area contributed by atoms with Gasteiger partial charge in [0.25, 0.3) is 0 Å². The van der Waals surface area contributed by atoms with E-state index in [1.807, 2.05) is 24.3 Å². The largest absolute Gasteiger partial charge is 0.336 e. The number of nitrogens with one attached hydrogen (secondary N) is 1. The van der Waals surface area contributed by atoms with E-state index < -0.39 is 29.5 Å². The number of nitrogens with zero attached hydrogens (tertiary/aromatic N) is 2. The third-order valence-electron chi connectivity index (χ3n) is 5.58. The molecule has 2 unspecified atom stereocenters. The third-order valence-corrected chi connectivity index (χ3v) is 5.58. The third kappa shape index (κ3) is 3.70. The van der Waals surface area contributed by atoms with Crippen molar-refractivity contribution in [3.05, 3.63) is 64.7 Å². The Morgan fingerprint density at radius 2 is 1.97 bits per heavy atom. The van der Waals surface area contributed by atoms with Crippen molar-refractivity contribution in [1.82, 2.24) is 5.32 Å². The lowest BCUT2D eigenvalue weighted by Gasteiger charge is -2.19. The molecule has 5 nitrogen and oxygen atoms in total. The molecule has 2 amide bonds. The van der Waals surface area contributed by atoms with Crippen molar-refractivity contribution in [2.75, 3.05) is 11.4 Å². The first-order chi connectivity index (χ1) is 14.0. The topological polar surface area (TPSA) is 73.2 Å². The molecule has 1 heterocycles. The maximum atomic E-state index is 14.0. The highest BCUT2D eigenvalue weighted by Gasteiger charge is 2.36. The molecule has 1 fully saturated rings. The number of aryl methyl sites for hydroxylation is 2. The molecule has 148 valence electrons. The van der Waals surface area contributed by atoms with Crippen LogP contribution in [0.3, 0.4) is 0 Å². The summed E-state index contributed by atoms with van der Waals surface area (Å²) in [4.78, 5) is 26.7. The smallest absolute Gasteiger partial charge is 0.227 e. The minimum absolute atomic E-state index is 0.0208. The van der Waals surface area contributed by atoms with Crippen molar-refractivity contribution in [2.45, 2.75) is 31.7 Å². The SMILES string of the molecule is N#CC(NC(=O)C1CC(=O)N(c2ccc3c(c2)CCC3)C1)c1ccc(F)cc1F. The summed E-state index contributed by atoms with van der Waals surface area (Å²) in [6.07, 6.45) is 3.16. The summed E-state index contributed by atoms with van der Waals surface area (Å²) < 4.78 is 27.1. The molecule has 1 N–H and O–H groups in total. The average molecular weight is 395 g/mol. The maximum Gasteiger partial charge on any atom is 0.227 e. The molecule has 1 aliphatic heterocycles. The van der Waals surface area contributed by atoms with Crippen LogP contribution in [-0.4, -0.2) is 18.4 Å². The molecule has 0 radical (unpaired) electrons. The summed E-state index contributed by atoms with van der Waals surface area (Å²) in [6, 6.07) is 9.33. The lowest BCUT2D eigenvalue weighted by molar-refractivity contribution is -0.126. The van der Waals surface area contributed by atoms with E-state index in [2.05, 4.69) is 5.32 Å². The van der Waals surface area contributed by atoms with Crippen molar-refractivity contribution in [3.8, 4) is 6.07 Å². The quantitative estimate of drug-likeness (QED) is 0.864. The van der Waals surface area contributed by atoms with Crippen molar-refractivity contribution in [1.29, 1.82) is 5.26 Å². The normalized spacial score (nSPS) is 19.0. The lowest BCUT2D eigenvalue weighted by atomic mass is 10.0. The second-order valence-electron chi connectivity index (χ2n) is 7.45. The second-order valence-corrected chi connectivity index (χ2v) is 7.45. The molecule has 29 heavy (non-hydrogen) atoms. The Hall–Kier alpha value is -3.27. The number of nitriles is 1. The second kappa shape index (κ2) is 7.63. The lowest BCUT2D eigenvalue weighted by Crippen LogP contribution is -2.35. The molecule has 7 heteroatoms. The molecule has 4 rings (SSSR count). The highest BCUT2D eigenvalue weighted by atomic mass is 19.1. The number of hydrogen-bond acceptors (Lipinski definition) is 3. The fraction of sp³-hybridized carbons (Fsp3) is 0.318. The van der Waals surface area contributed by atoms with Gasteiger partial charge in [0, 0.05) is 30.3 Å². The van der Waals surface area contributed by atoms with E-state index in [-0.39, 0.29) is 24.4 Å². The maximum absolute atomic E-state index is 14.0. The number of halogens is 2. The van der Waals surface area contributed by atoms with Gasteiger partial charge < -0.3 is 10.2 Å². The molecule has 0 saturated carbocycles. The predicted molar refractivity (Wildman–Crippen MR) is 102 cm³/mol. The summed E-state index contributed by atoms with van der Waals surface area (Å²) in [5, 5.41) is 11.8. The first kappa shape index (κ1) is 19.1. The molecule has 1 saturated heterocycles. The molecule has 2 aromatic carbocycles. The van der Waals surface area contributed by atoms with E-state index in [4.69, 9.17) is 0 Å². The first-order valence-corrected chi connectivity index (χ1v) is 9.53. The zero-order valence-electron chi connectivity index (χ0n) is 15.6. The van der Waals surface area contributed by atoms with Crippen molar-refractivity contribution in [2.24, 2.45) is 5.92 Å². The van der Waals surface area contributed by atoms with Gasteiger partial charge in [-0.2, -0.15) is 5.26 Å². The molecule has 2 atom stereocenters. The van der Waals surface area contributed by atoms with Crippen LogP contribution in [0, 0.1) is 28.9 Å². The van der Waals surface area contributed by atoms with E-state index in [1.165, 1.54) is 11.1 Å². The van der Waals surface area contributed by atoms with Crippen LogP contribution in [-0.2, 0) is 22.4 Å². The predicted octanol–water partition coefficient (Wildman–Crippen LogP) is 3.19. The van der Waals surface area contributed by atoms with Gasteiger partial charge in [-0.1, -0.05) is 12.1 Å². The van der Waals surface area contributed by atoms with Crippen LogP contribution < -0.4 is 10.2 Å². The van der Waals surface area contributed by atoms with Gasteiger partial charge in [0.05, 0.1) is 12.0 Å². The summed E-state index contributed by atoms with van der Waals surface area (Å²) >= 11 is 0. The van der Waals surface area contributed by atoms with Crippen molar-refractivity contribution >= 4 is 17.5 Å². The highest BCUT2D eigenvalue weighted by molar-refractivity contribution is 6.00. The number of benzene rings is 2. The highest BCUT2D eigenvalue weighted by Crippen LogP contribution is 2.31. The minimum Gasteiger partial charge on any atom is -0.336 e. The fourth-order valence-corrected chi connectivity index (χ4v) is 4.03. The van der Waals surface area contributed by atoms with Crippen LogP contribution in [0.1, 0.15) is 35.6 Å². The Morgan fingerprint density at radius 1 is 1.17 bits per heavy atom. The van der Waals surface area contributed by atoms with Gasteiger partial charge in [-0.3, -0.25) is 9.59 Å². The van der Waals surface area contributed by atoms with Crippen molar-refractivity contribution < 1.29 is 18.4 Å². The Labute approximate surface area is 166 Å². The van der Waals surface area contributed by atoms with Gasteiger partial charge >= 0.3 is 0 Å². The van der Waals surface area contributed by atoms with E-state index >= 15 is 0 Å². The van der Waals surface area contributed by atoms with Crippen LogP contribution in [0.4, 0.5) is 14.5 Å². The number of rotatable bonds is 4. The summed E-state index contributed by atoms with van der Waals surface area (Å²) in [7, 11) is 0. The molecule has 0 bridgehead atoms. The number of fused-ring (bicyclic) bond motifs is 1. The van der Waals surface area contributed by atoms with Gasteiger partial charge in [-0.15, -0.1) is 0 Å². The zero-order valence-corrected chi connectivity index (χ0v) is 15.6. The number of carbonyl (C=O) groups is 2.